The summed E-state index contributed by atoms with van der Waals surface area (Å²) in [6.07, 6.45) is 9.45. The predicted molar refractivity (Wildman–Crippen MR) is 57.4 cm³/mol. The highest BCUT2D eigenvalue weighted by Crippen LogP contribution is 2.67. The number of hydrogen-bond acceptors (Lipinski definition) is 2. The molecule has 0 heterocycles. The van der Waals surface area contributed by atoms with Crippen LogP contribution >= 0.6 is 0 Å². The van der Waals surface area contributed by atoms with Crippen molar-refractivity contribution < 1.29 is 9.90 Å². The summed E-state index contributed by atoms with van der Waals surface area (Å²) < 4.78 is 0. The highest BCUT2D eigenvalue weighted by atomic mass is 16.3. The number of ketones is 1. The fourth-order valence-corrected chi connectivity index (χ4v) is 4.76. The van der Waals surface area contributed by atoms with Crippen LogP contribution < -0.4 is 0 Å². The first-order valence-corrected chi connectivity index (χ1v) is 6.36. The molecular weight excluding hydrogens is 188 g/mol. The Morgan fingerprint density at radius 1 is 1.00 bits per heavy atom. The zero-order valence-corrected chi connectivity index (χ0v) is 9.30. The van der Waals surface area contributed by atoms with E-state index < -0.39 is 0 Å². The Kier molecular flexibility index (Phi) is 2.01. The van der Waals surface area contributed by atoms with E-state index in [0.717, 1.165) is 25.7 Å². The normalized spacial score (nSPS) is 46.3. The Balaban J connectivity index is 2.01. The van der Waals surface area contributed by atoms with Gasteiger partial charge in [-0.3, -0.25) is 4.79 Å². The van der Waals surface area contributed by atoms with Gasteiger partial charge in [0.1, 0.15) is 5.78 Å². The van der Waals surface area contributed by atoms with E-state index in [1.54, 1.807) is 0 Å². The van der Waals surface area contributed by atoms with Gasteiger partial charge < -0.3 is 5.11 Å². The van der Waals surface area contributed by atoms with Crippen molar-refractivity contribution in [1.82, 2.24) is 0 Å². The predicted octanol–water partition coefficient (Wildman–Crippen LogP) is 2.44. The Morgan fingerprint density at radius 2 is 1.53 bits per heavy atom. The minimum Gasteiger partial charge on any atom is -0.393 e. The molecule has 0 bridgehead atoms. The van der Waals surface area contributed by atoms with E-state index in [9.17, 15) is 9.90 Å². The number of hydrogen-bond donors (Lipinski definition) is 1. The second kappa shape index (κ2) is 3.07. The minimum atomic E-state index is -0.129. The maximum absolute atomic E-state index is 11.7. The van der Waals surface area contributed by atoms with Crippen molar-refractivity contribution in [1.29, 1.82) is 0 Å². The van der Waals surface area contributed by atoms with Crippen LogP contribution in [0.5, 0.6) is 0 Å². The van der Waals surface area contributed by atoms with Gasteiger partial charge in [0.25, 0.3) is 0 Å². The average Bonchev–Trinajstić information content (AvgIpc) is 2.45. The fraction of sp³-hybridized carbons (Fsp3) is 0.923. The van der Waals surface area contributed by atoms with E-state index >= 15 is 0 Å². The molecule has 15 heavy (non-hydrogen) atoms. The van der Waals surface area contributed by atoms with E-state index in [1.807, 2.05) is 0 Å². The van der Waals surface area contributed by atoms with Gasteiger partial charge in [0.15, 0.2) is 0 Å². The number of rotatable bonds is 0. The molecule has 0 saturated heterocycles. The summed E-state index contributed by atoms with van der Waals surface area (Å²) >= 11 is 0. The van der Waals surface area contributed by atoms with Crippen LogP contribution in [0.4, 0.5) is 0 Å². The minimum absolute atomic E-state index is 0.129. The molecule has 0 radical (unpaired) electrons. The van der Waals surface area contributed by atoms with Crippen LogP contribution in [0.25, 0.3) is 0 Å². The maximum Gasteiger partial charge on any atom is 0.134 e. The third kappa shape index (κ3) is 1.24. The first-order valence-electron chi connectivity index (χ1n) is 6.36. The second-order valence-corrected chi connectivity index (χ2v) is 6.08. The van der Waals surface area contributed by atoms with Crippen LogP contribution in [0, 0.1) is 10.8 Å². The molecule has 0 spiro atoms. The molecule has 0 aromatic carbocycles. The number of Topliss-reactive ketones (excluding diaryl/α,β-unsaturated/α-hetero) is 1. The smallest absolute Gasteiger partial charge is 0.134 e. The highest BCUT2D eigenvalue weighted by molar-refractivity contribution is 5.83. The van der Waals surface area contributed by atoms with Crippen molar-refractivity contribution in [2.24, 2.45) is 10.8 Å². The maximum atomic E-state index is 11.7. The summed E-state index contributed by atoms with van der Waals surface area (Å²) in [5, 5.41) is 9.92. The summed E-state index contributed by atoms with van der Waals surface area (Å²) in [4.78, 5) is 11.7. The zero-order chi connectivity index (χ0) is 10.5. The molecule has 0 aromatic rings. The van der Waals surface area contributed by atoms with Crippen LogP contribution in [-0.2, 0) is 4.79 Å². The molecule has 3 fully saturated rings. The molecule has 0 aromatic heterocycles. The first-order chi connectivity index (χ1) is 7.16. The number of carbonyl (C=O) groups is 1. The summed E-state index contributed by atoms with van der Waals surface area (Å²) in [5.41, 5.74) is 0.417. The first kappa shape index (κ1) is 9.83. The Hall–Kier alpha value is -0.370. The summed E-state index contributed by atoms with van der Waals surface area (Å²) in [5.74, 6) is 0.462. The molecule has 3 aliphatic rings. The van der Waals surface area contributed by atoms with Gasteiger partial charge in [-0.2, -0.15) is 0 Å². The molecule has 0 unspecified atom stereocenters. The summed E-state index contributed by atoms with van der Waals surface area (Å²) in [7, 11) is 0. The van der Waals surface area contributed by atoms with Crippen molar-refractivity contribution in [3.05, 3.63) is 0 Å². The van der Waals surface area contributed by atoms with Gasteiger partial charge in [0.2, 0.25) is 0 Å². The van der Waals surface area contributed by atoms with Gasteiger partial charge in [0.05, 0.1) is 6.10 Å². The fourth-order valence-electron chi connectivity index (χ4n) is 4.76. The summed E-state index contributed by atoms with van der Waals surface area (Å²) in [6, 6.07) is 0. The highest BCUT2D eigenvalue weighted by Gasteiger charge is 2.62. The average molecular weight is 208 g/mol. The van der Waals surface area contributed by atoms with Crippen LogP contribution in [-0.4, -0.2) is 17.0 Å². The Morgan fingerprint density at radius 3 is 2.07 bits per heavy atom. The van der Waals surface area contributed by atoms with Gasteiger partial charge in [0, 0.05) is 12.8 Å². The standard InChI is InChI=1S/C13H20O2/c14-10-6-12-4-2-1-3-5-13(12,8-10)9-11(15)7-12/h10,14H,1-9H2/t12-,13-/m0/s1. The lowest BCUT2D eigenvalue weighted by molar-refractivity contribution is -0.118. The van der Waals surface area contributed by atoms with Gasteiger partial charge in [-0.25, -0.2) is 0 Å². The lowest BCUT2D eigenvalue weighted by atomic mass is 9.65. The molecule has 2 heteroatoms. The lowest BCUT2D eigenvalue weighted by Crippen LogP contribution is -2.30. The monoisotopic (exact) mass is 208 g/mol. The lowest BCUT2D eigenvalue weighted by Gasteiger charge is -2.38. The van der Waals surface area contributed by atoms with E-state index in [2.05, 4.69) is 0 Å². The van der Waals surface area contributed by atoms with E-state index in [0.29, 0.717) is 5.78 Å². The van der Waals surface area contributed by atoms with E-state index in [4.69, 9.17) is 0 Å². The van der Waals surface area contributed by atoms with Gasteiger partial charge in [-0.1, -0.05) is 19.3 Å². The molecule has 0 amide bonds. The van der Waals surface area contributed by atoms with Gasteiger partial charge in [-0.05, 0) is 36.5 Å². The third-order valence-electron chi connectivity index (χ3n) is 5.26. The van der Waals surface area contributed by atoms with E-state index in [1.165, 1.54) is 32.1 Å². The molecule has 3 aliphatic carbocycles. The number of carbonyl (C=O) groups excluding carboxylic acids is 1. The molecule has 84 valence electrons. The van der Waals surface area contributed by atoms with Crippen LogP contribution in [0.2, 0.25) is 0 Å². The zero-order valence-electron chi connectivity index (χ0n) is 9.30. The van der Waals surface area contributed by atoms with Crippen molar-refractivity contribution in [2.45, 2.75) is 63.9 Å². The van der Waals surface area contributed by atoms with Crippen molar-refractivity contribution in [3.8, 4) is 0 Å². The number of aliphatic hydroxyl groups is 1. The Bertz CT molecular complexity index is 273. The van der Waals surface area contributed by atoms with Crippen LogP contribution in [0.15, 0.2) is 0 Å². The van der Waals surface area contributed by atoms with Crippen LogP contribution in [0.1, 0.15) is 57.8 Å². The summed E-state index contributed by atoms with van der Waals surface area (Å²) in [6.45, 7) is 0. The van der Waals surface area contributed by atoms with Crippen molar-refractivity contribution in [2.75, 3.05) is 0 Å². The van der Waals surface area contributed by atoms with Crippen molar-refractivity contribution in [3.63, 3.8) is 0 Å². The molecular formula is C13H20O2. The van der Waals surface area contributed by atoms with Crippen LogP contribution in [0.3, 0.4) is 0 Å². The Labute approximate surface area is 91.1 Å². The second-order valence-electron chi connectivity index (χ2n) is 6.08. The third-order valence-corrected chi connectivity index (χ3v) is 5.26. The van der Waals surface area contributed by atoms with E-state index in [-0.39, 0.29) is 16.9 Å². The van der Waals surface area contributed by atoms with Gasteiger partial charge in [-0.15, -0.1) is 0 Å². The molecule has 3 saturated carbocycles. The molecule has 0 aliphatic heterocycles. The molecule has 2 nitrogen and oxygen atoms in total. The SMILES string of the molecule is O=C1C[C@@]23CCCCC[C@@]2(C1)CC(O)C3. The molecule has 1 N–H and O–H groups in total. The number of aliphatic hydroxyl groups excluding tert-OH is 1. The van der Waals surface area contributed by atoms with Crippen molar-refractivity contribution >= 4 is 5.78 Å². The topological polar surface area (TPSA) is 37.3 Å². The molecule has 2 atom stereocenters. The van der Waals surface area contributed by atoms with Gasteiger partial charge >= 0.3 is 0 Å². The molecule has 3 rings (SSSR count). The quantitative estimate of drug-likeness (QED) is 0.664. The largest absolute Gasteiger partial charge is 0.393 e.